The molecule has 6 heteroatoms. The predicted molar refractivity (Wildman–Crippen MR) is 105 cm³/mol. The largest absolute Gasteiger partial charge is 0.366 e. The van der Waals surface area contributed by atoms with Crippen molar-refractivity contribution >= 4 is 45.3 Å². The number of hydrogen-bond donors (Lipinski definition) is 3. The number of carbonyl (C=O) groups is 1. The Hall–Kier alpha value is -2.70. The van der Waals surface area contributed by atoms with Crippen LogP contribution in [0.5, 0.6) is 0 Å². The molecule has 2 aromatic carbocycles. The van der Waals surface area contributed by atoms with E-state index in [0.29, 0.717) is 15.7 Å². The molecule has 4 nitrogen and oxygen atoms in total. The van der Waals surface area contributed by atoms with E-state index in [1.807, 2.05) is 60.7 Å². The van der Waals surface area contributed by atoms with Gasteiger partial charge in [-0.2, -0.15) is 0 Å². The van der Waals surface area contributed by atoms with Crippen LogP contribution in [0.2, 0.25) is 0 Å². The summed E-state index contributed by atoms with van der Waals surface area (Å²) in [6.07, 6.45) is 0. The molecular formula is C18H15N3OS2. The number of nitrogens with two attached hydrogens (primary N) is 1. The molecule has 0 fully saturated rings. The highest BCUT2D eigenvalue weighted by Gasteiger charge is 2.15. The monoisotopic (exact) mass is 353 g/mol. The predicted octanol–water partition coefficient (Wildman–Crippen LogP) is 4.32. The van der Waals surface area contributed by atoms with Crippen molar-refractivity contribution in [2.75, 3.05) is 10.6 Å². The van der Waals surface area contributed by atoms with E-state index in [1.165, 1.54) is 11.3 Å². The lowest BCUT2D eigenvalue weighted by Crippen LogP contribution is -2.20. The van der Waals surface area contributed by atoms with Gasteiger partial charge in [-0.15, -0.1) is 11.3 Å². The smallest absolute Gasteiger partial charge is 0.251 e. The van der Waals surface area contributed by atoms with Gasteiger partial charge in [0, 0.05) is 10.6 Å². The average Bonchev–Trinajstić information content (AvgIpc) is 3.00. The molecule has 0 saturated heterocycles. The normalized spacial score (nSPS) is 10.2. The molecule has 1 heterocycles. The number of primary amides is 1. The molecule has 0 atom stereocenters. The first-order valence-electron chi connectivity index (χ1n) is 7.25. The van der Waals surface area contributed by atoms with E-state index in [-0.39, 0.29) is 0 Å². The number of hydrogen-bond acceptors (Lipinski definition) is 3. The van der Waals surface area contributed by atoms with E-state index >= 15 is 0 Å². The van der Waals surface area contributed by atoms with Gasteiger partial charge in [0.2, 0.25) is 0 Å². The lowest BCUT2D eigenvalue weighted by atomic mass is 10.1. The van der Waals surface area contributed by atoms with Gasteiger partial charge in [0.25, 0.3) is 5.91 Å². The van der Waals surface area contributed by atoms with Gasteiger partial charge in [-0.25, -0.2) is 0 Å². The van der Waals surface area contributed by atoms with Crippen LogP contribution in [-0.4, -0.2) is 11.0 Å². The highest BCUT2D eigenvalue weighted by molar-refractivity contribution is 7.80. The SMILES string of the molecule is NC(=O)c1cc(-c2ccccc2)sc1NC(=S)Nc1ccccc1. The Morgan fingerprint density at radius 2 is 1.58 bits per heavy atom. The Labute approximate surface area is 149 Å². The fourth-order valence-corrected chi connectivity index (χ4v) is 3.56. The third-order valence-electron chi connectivity index (χ3n) is 3.31. The lowest BCUT2D eigenvalue weighted by Gasteiger charge is -2.09. The van der Waals surface area contributed by atoms with Crippen molar-refractivity contribution in [1.82, 2.24) is 0 Å². The summed E-state index contributed by atoms with van der Waals surface area (Å²) in [5, 5.41) is 7.19. The highest BCUT2D eigenvalue weighted by atomic mass is 32.1. The van der Waals surface area contributed by atoms with E-state index in [1.54, 1.807) is 6.07 Å². The van der Waals surface area contributed by atoms with Crippen molar-refractivity contribution in [3.63, 3.8) is 0 Å². The maximum atomic E-state index is 11.7. The molecule has 0 radical (unpaired) electrons. The Morgan fingerprint density at radius 1 is 0.958 bits per heavy atom. The van der Waals surface area contributed by atoms with Crippen LogP contribution in [-0.2, 0) is 0 Å². The molecule has 3 rings (SSSR count). The molecular weight excluding hydrogens is 338 g/mol. The number of para-hydroxylation sites is 1. The van der Waals surface area contributed by atoms with Crippen molar-refractivity contribution in [3.05, 3.63) is 72.3 Å². The lowest BCUT2D eigenvalue weighted by molar-refractivity contribution is 0.100. The summed E-state index contributed by atoms with van der Waals surface area (Å²) < 4.78 is 0. The number of benzene rings is 2. The quantitative estimate of drug-likeness (QED) is 0.611. The Bertz CT molecular complexity index is 860. The minimum Gasteiger partial charge on any atom is -0.366 e. The second kappa shape index (κ2) is 7.25. The summed E-state index contributed by atoms with van der Waals surface area (Å²) in [6.45, 7) is 0. The van der Waals surface area contributed by atoms with Crippen LogP contribution < -0.4 is 16.4 Å². The fraction of sp³-hybridized carbons (Fsp3) is 0. The second-order valence-corrected chi connectivity index (χ2v) is 6.49. The van der Waals surface area contributed by atoms with Gasteiger partial charge in [-0.3, -0.25) is 4.79 Å². The first-order chi connectivity index (χ1) is 11.6. The van der Waals surface area contributed by atoms with Crippen LogP contribution in [0.15, 0.2) is 66.7 Å². The topological polar surface area (TPSA) is 67.2 Å². The van der Waals surface area contributed by atoms with Gasteiger partial charge in [0.15, 0.2) is 5.11 Å². The molecule has 0 aliphatic heterocycles. The van der Waals surface area contributed by atoms with Crippen molar-refractivity contribution in [2.45, 2.75) is 0 Å². The number of thiocarbonyl (C=S) groups is 1. The zero-order valence-corrected chi connectivity index (χ0v) is 14.3. The van der Waals surface area contributed by atoms with Gasteiger partial charge >= 0.3 is 0 Å². The molecule has 0 aliphatic carbocycles. The zero-order chi connectivity index (χ0) is 16.9. The van der Waals surface area contributed by atoms with Gasteiger partial charge in [0.1, 0.15) is 5.00 Å². The van der Waals surface area contributed by atoms with Crippen LogP contribution in [0.1, 0.15) is 10.4 Å². The van der Waals surface area contributed by atoms with Gasteiger partial charge in [0.05, 0.1) is 5.56 Å². The molecule has 0 unspecified atom stereocenters. The summed E-state index contributed by atoms with van der Waals surface area (Å²) in [6, 6.07) is 21.2. The van der Waals surface area contributed by atoms with Gasteiger partial charge in [-0.1, -0.05) is 48.5 Å². The number of thiophene rings is 1. The van der Waals surface area contributed by atoms with Gasteiger partial charge in [-0.05, 0) is 36.0 Å². The molecule has 0 saturated carbocycles. The van der Waals surface area contributed by atoms with Crippen molar-refractivity contribution in [2.24, 2.45) is 5.73 Å². The van der Waals surface area contributed by atoms with Crippen LogP contribution in [0.3, 0.4) is 0 Å². The van der Waals surface area contributed by atoms with E-state index in [0.717, 1.165) is 16.1 Å². The highest BCUT2D eigenvalue weighted by Crippen LogP contribution is 2.35. The molecule has 4 N–H and O–H groups in total. The first-order valence-corrected chi connectivity index (χ1v) is 8.48. The third kappa shape index (κ3) is 3.79. The molecule has 3 aromatic rings. The fourth-order valence-electron chi connectivity index (χ4n) is 2.20. The van der Waals surface area contributed by atoms with E-state index in [4.69, 9.17) is 18.0 Å². The molecule has 24 heavy (non-hydrogen) atoms. The third-order valence-corrected chi connectivity index (χ3v) is 4.62. The summed E-state index contributed by atoms with van der Waals surface area (Å²) >= 11 is 6.76. The zero-order valence-electron chi connectivity index (χ0n) is 12.7. The maximum absolute atomic E-state index is 11.7. The number of amides is 1. The van der Waals surface area contributed by atoms with E-state index in [9.17, 15) is 4.79 Å². The van der Waals surface area contributed by atoms with Crippen LogP contribution in [0.4, 0.5) is 10.7 Å². The molecule has 120 valence electrons. The summed E-state index contributed by atoms with van der Waals surface area (Å²) in [4.78, 5) is 12.7. The summed E-state index contributed by atoms with van der Waals surface area (Å²) in [7, 11) is 0. The van der Waals surface area contributed by atoms with E-state index in [2.05, 4.69) is 10.6 Å². The minimum absolute atomic E-state index is 0.408. The first kappa shape index (κ1) is 16.2. The Kier molecular flexibility index (Phi) is 4.88. The van der Waals surface area contributed by atoms with Crippen molar-refractivity contribution in [1.29, 1.82) is 0 Å². The molecule has 0 aliphatic rings. The number of carbonyl (C=O) groups excluding carboxylic acids is 1. The average molecular weight is 353 g/mol. The number of rotatable bonds is 4. The molecule has 0 bridgehead atoms. The van der Waals surface area contributed by atoms with Crippen LogP contribution in [0, 0.1) is 0 Å². The standard InChI is InChI=1S/C18H15N3OS2/c19-16(22)14-11-15(12-7-3-1-4-8-12)24-17(14)21-18(23)20-13-9-5-2-6-10-13/h1-11H,(H2,19,22)(H2,20,21,23). The van der Waals surface area contributed by atoms with Crippen LogP contribution >= 0.6 is 23.6 Å². The maximum Gasteiger partial charge on any atom is 0.251 e. The van der Waals surface area contributed by atoms with Crippen molar-refractivity contribution < 1.29 is 4.79 Å². The number of anilines is 2. The molecule has 1 aromatic heterocycles. The van der Waals surface area contributed by atoms with Gasteiger partial charge < -0.3 is 16.4 Å². The Balaban J connectivity index is 1.83. The number of nitrogens with one attached hydrogen (secondary N) is 2. The van der Waals surface area contributed by atoms with Crippen LogP contribution in [0.25, 0.3) is 10.4 Å². The molecule has 0 spiro atoms. The molecule has 1 amide bonds. The Morgan fingerprint density at radius 3 is 2.21 bits per heavy atom. The second-order valence-electron chi connectivity index (χ2n) is 5.03. The summed E-state index contributed by atoms with van der Waals surface area (Å²) in [5.41, 5.74) is 7.82. The minimum atomic E-state index is -0.488. The van der Waals surface area contributed by atoms with E-state index < -0.39 is 5.91 Å². The van der Waals surface area contributed by atoms with Crippen molar-refractivity contribution in [3.8, 4) is 10.4 Å². The summed E-state index contributed by atoms with van der Waals surface area (Å²) in [5.74, 6) is -0.488.